The van der Waals surface area contributed by atoms with Crippen LogP contribution in [0.25, 0.3) is 0 Å². The predicted molar refractivity (Wildman–Crippen MR) is 238 cm³/mol. The van der Waals surface area contributed by atoms with E-state index in [4.69, 9.17) is 13.8 Å². The molecule has 9 nitrogen and oxygen atoms in total. The molecule has 0 aromatic carbocycles. The standard InChI is InChI=1S/C47H84NO8P/c1-3-5-7-9-11-13-15-17-19-20-21-22-23-24-26-27-29-31-33-35-37-39-46(50)48-41-42-55-57(52,53)56-44-45(49)43-54-47(51)40-38-36-34-32-30-28-25-18-16-14-12-10-8-6-4-2/h6,8,12,14,17-19,25,30,32,45,49H,3-5,7,9-11,13,15-16,20-24,26-29,31,33-44H2,1-2H3,(H,48,50)(H,52,53)/b8-6-,14-12-,19-17+,25-18-,32-30-. The SMILES string of the molecule is CC/C=C\C/C=C\C/C=C\C/C=C\CCCCC(=O)OCC(O)COP(=O)(O)OCCNC(=O)CCCCCCCCCCCCC/C=C/CCCCCCCC. The van der Waals surface area contributed by atoms with Gasteiger partial charge in [0.2, 0.25) is 5.91 Å². The summed E-state index contributed by atoms with van der Waals surface area (Å²) in [6.45, 7) is 3.39. The van der Waals surface area contributed by atoms with Gasteiger partial charge in [0.05, 0.1) is 13.2 Å². The summed E-state index contributed by atoms with van der Waals surface area (Å²) in [5.41, 5.74) is 0. The number of unbranched alkanes of at least 4 members (excludes halogenated alkanes) is 19. The minimum absolute atomic E-state index is 0.0746. The van der Waals surface area contributed by atoms with Gasteiger partial charge in [-0.2, -0.15) is 0 Å². The topological polar surface area (TPSA) is 131 Å². The second kappa shape index (κ2) is 43.3. The number of hydrogen-bond acceptors (Lipinski definition) is 7. The number of ether oxygens (including phenoxy) is 1. The first-order valence-electron chi connectivity index (χ1n) is 22.8. The minimum atomic E-state index is -4.43. The normalized spacial score (nSPS) is 13.8. The van der Waals surface area contributed by atoms with E-state index in [1.54, 1.807) is 0 Å². The molecule has 0 heterocycles. The van der Waals surface area contributed by atoms with Crippen molar-refractivity contribution in [2.45, 2.75) is 200 Å². The van der Waals surface area contributed by atoms with Crippen LogP contribution in [-0.2, 0) is 27.9 Å². The largest absolute Gasteiger partial charge is 0.472 e. The Labute approximate surface area is 348 Å². The van der Waals surface area contributed by atoms with Crippen LogP contribution >= 0.6 is 7.82 Å². The molecule has 0 saturated carbocycles. The lowest BCUT2D eigenvalue weighted by Crippen LogP contribution is -2.27. The van der Waals surface area contributed by atoms with E-state index in [2.05, 4.69) is 79.9 Å². The lowest BCUT2D eigenvalue weighted by Gasteiger charge is -2.15. The minimum Gasteiger partial charge on any atom is -0.463 e. The first-order chi connectivity index (χ1) is 27.8. The number of rotatable bonds is 42. The molecule has 0 rings (SSSR count). The Kier molecular flexibility index (Phi) is 41.6. The summed E-state index contributed by atoms with van der Waals surface area (Å²) < 4.78 is 26.9. The Morgan fingerprint density at radius 1 is 0.561 bits per heavy atom. The monoisotopic (exact) mass is 822 g/mol. The maximum atomic E-state index is 12.1. The molecule has 0 radical (unpaired) electrons. The maximum Gasteiger partial charge on any atom is 0.472 e. The van der Waals surface area contributed by atoms with Crippen LogP contribution in [-0.4, -0.2) is 54.3 Å². The summed E-state index contributed by atoms with van der Waals surface area (Å²) in [6.07, 6.45) is 51.6. The Bertz CT molecular complexity index is 1120. The first-order valence-corrected chi connectivity index (χ1v) is 24.3. The van der Waals surface area contributed by atoms with Crippen molar-refractivity contribution in [1.82, 2.24) is 5.32 Å². The number of amides is 1. The van der Waals surface area contributed by atoms with Gasteiger partial charge in [-0.3, -0.25) is 18.6 Å². The second-order valence-electron chi connectivity index (χ2n) is 15.0. The van der Waals surface area contributed by atoms with Crippen LogP contribution < -0.4 is 5.32 Å². The third-order valence-electron chi connectivity index (χ3n) is 9.43. The molecule has 3 N–H and O–H groups in total. The summed E-state index contributed by atoms with van der Waals surface area (Å²) in [7, 11) is -4.43. The average molecular weight is 822 g/mol. The third kappa shape index (κ3) is 44.7. The van der Waals surface area contributed by atoms with Gasteiger partial charge in [0.1, 0.15) is 12.7 Å². The molecule has 0 aromatic rings. The van der Waals surface area contributed by atoms with Gasteiger partial charge in [-0.25, -0.2) is 4.57 Å². The third-order valence-corrected chi connectivity index (χ3v) is 10.4. The summed E-state index contributed by atoms with van der Waals surface area (Å²) in [4.78, 5) is 33.9. The van der Waals surface area contributed by atoms with Crippen molar-refractivity contribution in [1.29, 1.82) is 0 Å². The van der Waals surface area contributed by atoms with Gasteiger partial charge in [-0.05, 0) is 77.0 Å². The molecule has 0 fully saturated rings. The lowest BCUT2D eigenvalue weighted by molar-refractivity contribution is -0.147. The lowest BCUT2D eigenvalue weighted by atomic mass is 10.0. The van der Waals surface area contributed by atoms with Gasteiger partial charge in [0, 0.05) is 19.4 Å². The number of phosphoric acid groups is 1. The highest BCUT2D eigenvalue weighted by Gasteiger charge is 2.23. The molecule has 0 aromatic heterocycles. The Balaban J connectivity index is 3.62. The van der Waals surface area contributed by atoms with Gasteiger partial charge in [-0.1, -0.05) is 164 Å². The molecule has 0 aliphatic heterocycles. The molecule has 57 heavy (non-hydrogen) atoms. The number of nitrogens with one attached hydrogen (secondary N) is 1. The van der Waals surface area contributed by atoms with E-state index >= 15 is 0 Å². The molecule has 10 heteroatoms. The molecular weight excluding hydrogens is 737 g/mol. The van der Waals surface area contributed by atoms with Gasteiger partial charge in [0.25, 0.3) is 0 Å². The van der Waals surface area contributed by atoms with Crippen molar-refractivity contribution in [2.24, 2.45) is 0 Å². The van der Waals surface area contributed by atoms with Gasteiger partial charge in [0.15, 0.2) is 0 Å². The Hall–Kier alpha value is -2.29. The Morgan fingerprint density at radius 3 is 1.54 bits per heavy atom. The van der Waals surface area contributed by atoms with Gasteiger partial charge >= 0.3 is 13.8 Å². The summed E-state index contributed by atoms with van der Waals surface area (Å²) in [5, 5.41) is 12.7. The van der Waals surface area contributed by atoms with Crippen LogP contribution in [0.15, 0.2) is 60.8 Å². The Morgan fingerprint density at radius 2 is 1.00 bits per heavy atom. The number of carbonyl (C=O) groups excluding carboxylic acids is 2. The maximum absolute atomic E-state index is 12.1. The van der Waals surface area contributed by atoms with E-state index in [0.29, 0.717) is 12.8 Å². The zero-order valence-corrected chi connectivity index (χ0v) is 37.2. The van der Waals surface area contributed by atoms with E-state index in [0.717, 1.165) is 57.8 Å². The quantitative estimate of drug-likeness (QED) is 0.0240. The van der Waals surface area contributed by atoms with Crippen molar-refractivity contribution in [3.05, 3.63) is 60.8 Å². The van der Waals surface area contributed by atoms with Crippen LogP contribution in [0.2, 0.25) is 0 Å². The number of hydrogen-bond donors (Lipinski definition) is 3. The van der Waals surface area contributed by atoms with Crippen LogP contribution in [0.4, 0.5) is 0 Å². The highest BCUT2D eigenvalue weighted by atomic mass is 31.2. The fourth-order valence-corrected chi connectivity index (χ4v) is 6.77. The molecule has 0 spiro atoms. The smallest absolute Gasteiger partial charge is 0.463 e. The van der Waals surface area contributed by atoms with Crippen molar-refractivity contribution in [3.63, 3.8) is 0 Å². The number of aliphatic hydroxyl groups excluding tert-OH is 1. The molecule has 1 amide bonds. The van der Waals surface area contributed by atoms with Gasteiger partial charge in [-0.15, -0.1) is 0 Å². The first kappa shape index (κ1) is 54.7. The molecule has 0 bridgehead atoms. The van der Waals surface area contributed by atoms with Gasteiger partial charge < -0.3 is 20.1 Å². The summed E-state index contributed by atoms with van der Waals surface area (Å²) in [5.74, 6) is -0.560. The highest BCUT2D eigenvalue weighted by molar-refractivity contribution is 7.47. The van der Waals surface area contributed by atoms with Crippen LogP contribution in [0.3, 0.4) is 0 Å². The number of esters is 1. The molecule has 0 saturated heterocycles. The fourth-order valence-electron chi connectivity index (χ4n) is 6.01. The van der Waals surface area contributed by atoms with E-state index in [9.17, 15) is 24.2 Å². The van der Waals surface area contributed by atoms with Crippen molar-refractivity contribution >= 4 is 19.7 Å². The second-order valence-corrected chi connectivity index (χ2v) is 16.4. The molecule has 0 aliphatic carbocycles. The zero-order valence-electron chi connectivity index (χ0n) is 36.3. The average Bonchev–Trinajstić information content (AvgIpc) is 3.20. The van der Waals surface area contributed by atoms with E-state index in [1.165, 1.54) is 103 Å². The van der Waals surface area contributed by atoms with E-state index in [-0.39, 0.29) is 32.1 Å². The number of allylic oxidation sites excluding steroid dienone is 10. The van der Waals surface area contributed by atoms with E-state index < -0.39 is 26.5 Å². The number of carbonyl (C=O) groups is 2. The van der Waals surface area contributed by atoms with Crippen LogP contribution in [0.1, 0.15) is 194 Å². The predicted octanol–water partition coefficient (Wildman–Crippen LogP) is 12.9. The van der Waals surface area contributed by atoms with Crippen molar-refractivity contribution in [3.8, 4) is 0 Å². The highest BCUT2D eigenvalue weighted by Crippen LogP contribution is 2.42. The molecule has 330 valence electrons. The summed E-state index contributed by atoms with van der Waals surface area (Å²) >= 11 is 0. The zero-order chi connectivity index (χ0) is 41.8. The molecule has 0 aliphatic rings. The summed E-state index contributed by atoms with van der Waals surface area (Å²) in [6, 6.07) is 0. The van der Waals surface area contributed by atoms with Crippen molar-refractivity contribution < 1.29 is 37.9 Å². The van der Waals surface area contributed by atoms with Crippen LogP contribution in [0, 0.1) is 0 Å². The van der Waals surface area contributed by atoms with E-state index in [1.807, 2.05) is 0 Å². The molecular formula is C47H84NO8P. The molecule has 2 atom stereocenters. The fraction of sp³-hybridized carbons (Fsp3) is 0.745. The molecule has 2 unspecified atom stereocenters. The number of phosphoric ester groups is 1. The number of aliphatic hydroxyl groups is 1. The van der Waals surface area contributed by atoms with Crippen LogP contribution in [0.5, 0.6) is 0 Å². The van der Waals surface area contributed by atoms with Crippen molar-refractivity contribution in [2.75, 3.05) is 26.4 Å².